The van der Waals surface area contributed by atoms with Gasteiger partial charge in [-0.1, -0.05) is 39.0 Å². The number of aliphatic carboxylic acids is 1. The maximum atomic E-state index is 12.2. The Balaban J connectivity index is 2.50. The van der Waals surface area contributed by atoms with Crippen molar-refractivity contribution < 1.29 is 14.7 Å². The molecule has 20 heavy (non-hydrogen) atoms. The van der Waals surface area contributed by atoms with E-state index in [4.69, 9.17) is 5.11 Å². The quantitative estimate of drug-likeness (QED) is 0.737. The molecule has 0 aromatic rings. The van der Waals surface area contributed by atoms with Gasteiger partial charge in [0.25, 0.3) is 0 Å². The Morgan fingerprint density at radius 2 is 1.85 bits per heavy atom. The minimum Gasteiger partial charge on any atom is -0.481 e. The number of rotatable bonds is 6. The molecular weight excluding hydrogens is 256 g/mol. The topological polar surface area (TPSA) is 69.6 Å². The lowest BCUT2D eigenvalue weighted by molar-refractivity contribution is -0.137. The summed E-state index contributed by atoms with van der Waals surface area (Å²) in [5, 5.41) is 11.8. The maximum absolute atomic E-state index is 12.2. The SMILES string of the molecule is CCCC(CC(=O)O)NC(=O)N(C)C1CCCCCC1. The molecule has 1 rings (SSSR count). The molecule has 1 aliphatic rings. The zero-order chi connectivity index (χ0) is 15.0. The lowest BCUT2D eigenvalue weighted by Gasteiger charge is -2.29. The van der Waals surface area contributed by atoms with Crippen LogP contribution < -0.4 is 5.32 Å². The minimum absolute atomic E-state index is 0.00190. The molecule has 1 atom stereocenters. The summed E-state index contributed by atoms with van der Waals surface area (Å²) in [6, 6.07) is -0.0977. The van der Waals surface area contributed by atoms with Crippen molar-refractivity contribution in [2.45, 2.75) is 76.8 Å². The van der Waals surface area contributed by atoms with Gasteiger partial charge in [0, 0.05) is 19.1 Å². The van der Waals surface area contributed by atoms with Crippen molar-refractivity contribution >= 4 is 12.0 Å². The fraction of sp³-hybridized carbons (Fsp3) is 0.867. The number of hydrogen-bond donors (Lipinski definition) is 2. The third-order valence-corrected chi connectivity index (χ3v) is 4.08. The fourth-order valence-corrected chi connectivity index (χ4v) is 2.87. The maximum Gasteiger partial charge on any atom is 0.317 e. The van der Waals surface area contributed by atoms with Gasteiger partial charge in [-0.2, -0.15) is 0 Å². The molecule has 1 saturated carbocycles. The summed E-state index contributed by atoms with van der Waals surface area (Å²) in [7, 11) is 1.83. The second-order valence-corrected chi connectivity index (χ2v) is 5.79. The molecule has 0 bridgehead atoms. The van der Waals surface area contributed by atoms with Gasteiger partial charge in [-0.15, -0.1) is 0 Å². The number of nitrogens with zero attached hydrogens (tertiary/aromatic N) is 1. The summed E-state index contributed by atoms with van der Waals surface area (Å²) in [5.41, 5.74) is 0. The zero-order valence-electron chi connectivity index (χ0n) is 12.7. The molecule has 0 aliphatic heterocycles. The molecule has 1 aliphatic carbocycles. The second-order valence-electron chi connectivity index (χ2n) is 5.79. The second kappa shape index (κ2) is 8.82. The Morgan fingerprint density at radius 3 is 2.35 bits per heavy atom. The predicted molar refractivity (Wildman–Crippen MR) is 78.7 cm³/mol. The van der Waals surface area contributed by atoms with E-state index in [2.05, 4.69) is 5.32 Å². The highest BCUT2D eigenvalue weighted by atomic mass is 16.4. The summed E-state index contributed by atoms with van der Waals surface area (Å²) >= 11 is 0. The van der Waals surface area contributed by atoms with Crippen molar-refractivity contribution in [1.29, 1.82) is 0 Å². The Kier molecular flexibility index (Phi) is 7.41. The van der Waals surface area contributed by atoms with Crippen LogP contribution in [0.3, 0.4) is 0 Å². The van der Waals surface area contributed by atoms with Gasteiger partial charge in [-0.3, -0.25) is 4.79 Å². The van der Waals surface area contributed by atoms with Crippen molar-refractivity contribution in [3.8, 4) is 0 Å². The average molecular weight is 284 g/mol. The molecule has 0 aromatic carbocycles. The van der Waals surface area contributed by atoms with Crippen LogP contribution in [0.4, 0.5) is 4.79 Å². The van der Waals surface area contributed by atoms with E-state index in [9.17, 15) is 9.59 Å². The van der Waals surface area contributed by atoms with Crippen molar-refractivity contribution in [3.05, 3.63) is 0 Å². The number of nitrogens with one attached hydrogen (secondary N) is 1. The lowest BCUT2D eigenvalue weighted by atomic mass is 10.1. The van der Waals surface area contributed by atoms with Crippen molar-refractivity contribution in [2.24, 2.45) is 0 Å². The van der Waals surface area contributed by atoms with Crippen LogP contribution in [0.5, 0.6) is 0 Å². The van der Waals surface area contributed by atoms with E-state index < -0.39 is 5.97 Å². The Labute approximate surface area is 121 Å². The summed E-state index contributed by atoms with van der Waals surface area (Å²) < 4.78 is 0. The number of hydrogen-bond acceptors (Lipinski definition) is 2. The number of carboxylic acid groups (broad SMARTS) is 1. The van der Waals surface area contributed by atoms with Crippen LogP contribution in [0.2, 0.25) is 0 Å². The molecule has 2 N–H and O–H groups in total. The van der Waals surface area contributed by atoms with Crippen molar-refractivity contribution in [1.82, 2.24) is 10.2 Å². The number of amides is 2. The Hall–Kier alpha value is -1.26. The van der Waals surface area contributed by atoms with Gasteiger partial charge in [0.05, 0.1) is 6.42 Å². The van der Waals surface area contributed by atoms with Crippen molar-refractivity contribution in [3.63, 3.8) is 0 Å². The Bertz CT molecular complexity index is 312. The summed E-state index contributed by atoms with van der Waals surface area (Å²) in [4.78, 5) is 24.8. The molecule has 1 unspecified atom stereocenters. The Morgan fingerprint density at radius 1 is 1.25 bits per heavy atom. The van der Waals surface area contributed by atoms with Gasteiger partial charge in [-0.05, 0) is 19.3 Å². The summed E-state index contributed by atoms with van der Waals surface area (Å²) in [6.07, 6.45) is 8.54. The van der Waals surface area contributed by atoms with E-state index in [-0.39, 0.29) is 18.5 Å². The van der Waals surface area contributed by atoms with Gasteiger partial charge in [-0.25, -0.2) is 4.79 Å². The van der Waals surface area contributed by atoms with Gasteiger partial charge < -0.3 is 15.3 Å². The first-order valence-electron chi connectivity index (χ1n) is 7.79. The minimum atomic E-state index is -0.860. The molecule has 5 heteroatoms. The standard InChI is InChI=1S/C15H28N2O3/c1-3-8-12(11-14(18)19)16-15(20)17(2)13-9-6-4-5-7-10-13/h12-13H,3-11H2,1-2H3,(H,16,20)(H,18,19). The summed E-state index contributed by atoms with van der Waals surface area (Å²) in [6.45, 7) is 2.00. The van der Waals surface area contributed by atoms with Crippen LogP contribution in [0.1, 0.15) is 64.7 Å². The first-order valence-corrected chi connectivity index (χ1v) is 7.79. The number of carboxylic acids is 1. The van der Waals surface area contributed by atoms with E-state index in [1.165, 1.54) is 25.7 Å². The highest BCUT2D eigenvalue weighted by Crippen LogP contribution is 2.21. The van der Waals surface area contributed by atoms with E-state index in [0.29, 0.717) is 12.5 Å². The fourth-order valence-electron chi connectivity index (χ4n) is 2.87. The van der Waals surface area contributed by atoms with E-state index in [1.807, 2.05) is 14.0 Å². The number of carbonyl (C=O) groups excluding carboxylic acids is 1. The van der Waals surface area contributed by atoms with Crippen LogP contribution in [-0.2, 0) is 4.79 Å². The molecule has 0 saturated heterocycles. The lowest BCUT2D eigenvalue weighted by Crippen LogP contribution is -2.47. The number of urea groups is 1. The average Bonchev–Trinajstić information content (AvgIpc) is 2.66. The third kappa shape index (κ3) is 5.80. The van der Waals surface area contributed by atoms with Crippen molar-refractivity contribution in [2.75, 3.05) is 7.05 Å². The van der Waals surface area contributed by atoms with Gasteiger partial charge in [0.15, 0.2) is 0 Å². The van der Waals surface area contributed by atoms with Crippen LogP contribution in [-0.4, -0.2) is 41.1 Å². The van der Waals surface area contributed by atoms with Crippen LogP contribution in [0, 0.1) is 0 Å². The van der Waals surface area contributed by atoms with Gasteiger partial charge in [0.1, 0.15) is 0 Å². The smallest absolute Gasteiger partial charge is 0.317 e. The highest BCUT2D eigenvalue weighted by Gasteiger charge is 2.23. The van der Waals surface area contributed by atoms with Gasteiger partial charge >= 0.3 is 12.0 Å². The molecule has 2 amide bonds. The highest BCUT2D eigenvalue weighted by molar-refractivity contribution is 5.76. The van der Waals surface area contributed by atoms with E-state index in [0.717, 1.165) is 19.3 Å². The molecule has 0 radical (unpaired) electrons. The molecular formula is C15H28N2O3. The zero-order valence-corrected chi connectivity index (χ0v) is 12.7. The van der Waals surface area contributed by atoms with Crippen LogP contribution >= 0.6 is 0 Å². The van der Waals surface area contributed by atoms with E-state index in [1.54, 1.807) is 4.90 Å². The van der Waals surface area contributed by atoms with E-state index >= 15 is 0 Å². The molecule has 0 aromatic heterocycles. The summed E-state index contributed by atoms with van der Waals surface area (Å²) in [5.74, 6) is -0.860. The largest absolute Gasteiger partial charge is 0.481 e. The molecule has 0 spiro atoms. The molecule has 0 heterocycles. The normalized spacial score (nSPS) is 18.1. The predicted octanol–water partition coefficient (Wildman–Crippen LogP) is 2.99. The van der Waals surface area contributed by atoms with Gasteiger partial charge in [0.2, 0.25) is 0 Å². The first-order chi connectivity index (χ1) is 9.54. The van der Waals surface area contributed by atoms with Crippen LogP contribution in [0.25, 0.3) is 0 Å². The molecule has 1 fully saturated rings. The van der Waals surface area contributed by atoms with Crippen LogP contribution in [0.15, 0.2) is 0 Å². The number of carbonyl (C=O) groups is 2. The first kappa shape index (κ1) is 16.8. The monoisotopic (exact) mass is 284 g/mol. The molecule has 116 valence electrons. The molecule has 5 nitrogen and oxygen atoms in total. The third-order valence-electron chi connectivity index (χ3n) is 4.08.